The molecule has 0 aromatic heterocycles. The Balaban J connectivity index is 4.37. The number of hydrogen-bond donors (Lipinski definition) is 4. The van der Waals surface area contributed by atoms with Crippen molar-refractivity contribution < 1.29 is 75.8 Å². The van der Waals surface area contributed by atoms with Gasteiger partial charge in [-0.1, -0.05) is 296 Å². The Morgan fingerprint density at radius 2 is 0.525 bits per heavy atom. The van der Waals surface area contributed by atoms with Crippen LogP contribution >= 0.6 is 15.6 Å². The van der Waals surface area contributed by atoms with Gasteiger partial charge < -0.3 is 34.2 Å². The van der Waals surface area contributed by atoms with Crippen molar-refractivity contribution in [1.29, 1.82) is 0 Å². The van der Waals surface area contributed by atoms with Crippen LogP contribution in [0.5, 0.6) is 0 Å². The van der Waals surface area contributed by atoms with Crippen molar-refractivity contribution in [2.75, 3.05) is 39.6 Å². The predicted octanol–water partition coefficient (Wildman–Crippen LogP) is 23.1. The maximum Gasteiger partial charge on any atom is 0.472 e. The first kappa shape index (κ1) is 96.7. The summed E-state index contributed by atoms with van der Waals surface area (Å²) >= 11 is 0. The van der Waals surface area contributed by atoms with E-state index in [-0.39, 0.29) is 19.3 Å². The quantitative estimate of drug-likeness (QED) is 0.0146. The molecule has 16 nitrogen and oxygen atoms in total. The fraction of sp³-hybridized carbons (Fsp3) is 0.699. The van der Waals surface area contributed by atoms with E-state index in [1.165, 1.54) is 109 Å². The van der Waals surface area contributed by atoms with Crippen molar-refractivity contribution in [1.82, 2.24) is 0 Å². The lowest BCUT2D eigenvalue weighted by molar-refractivity contribution is -0.161. The summed E-state index contributed by atoms with van der Waals surface area (Å²) < 4.78 is 61.0. The highest BCUT2D eigenvalue weighted by Gasteiger charge is 2.29. The summed E-state index contributed by atoms with van der Waals surface area (Å²) in [6.07, 6.45) is 91.0. The van der Waals surface area contributed by atoms with Crippen LogP contribution in [0.1, 0.15) is 316 Å². The summed E-state index contributed by atoms with van der Waals surface area (Å²) in [6, 6.07) is 0. The fourth-order valence-corrected chi connectivity index (χ4v) is 12.0. The van der Waals surface area contributed by atoms with Gasteiger partial charge in [0.2, 0.25) is 0 Å². The van der Waals surface area contributed by atoms with Gasteiger partial charge in [-0.15, -0.1) is 0 Å². The van der Waals surface area contributed by atoms with Crippen LogP contribution in [-0.2, 0) is 55.8 Å². The number of ether oxygens (including phenoxy) is 3. The van der Waals surface area contributed by atoms with Crippen molar-refractivity contribution in [2.45, 2.75) is 334 Å². The molecule has 0 aromatic carbocycles. The number of carbonyl (C=O) groups is 3. The van der Waals surface area contributed by atoms with Gasteiger partial charge in [-0.3, -0.25) is 32.5 Å². The van der Waals surface area contributed by atoms with Crippen LogP contribution < -0.4 is 0 Å². The first-order valence-corrected chi connectivity index (χ1v) is 42.5. The zero-order valence-corrected chi connectivity index (χ0v) is 65.1. The number of aliphatic hydroxyl groups excluding tert-OH is 2. The van der Waals surface area contributed by atoms with E-state index in [9.17, 15) is 43.5 Å². The molecular formula is C83H142O16P2. The third-order valence-electron chi connectivity index (χ3n) is 16.3. The summed E-state index contributed by atoms with van der Waals surface area (Å²) in [5.74, 6) is -1.61. The number of esters is 3. The molecular weight excluding hydrogens is 1310 g/mol. The number of hydrogen-bond acceptors (Lipinski definition) is 14. The molecule has 0 radical (unpaired) electrons. The minimum atomic E-state index is -4.93. The molecule has 101 heavy (non-hydrogen) atoms. The molecule has 0 spiro atoms. The summed E-state index contributed by atoms with van der Waals surface area (Å²) in [6.45, 7) is 2.40. The van der Waals surface area contributed by atoms with Gasteiger partial charge in [-0.2, -0.15) is 0 Å². The van der Waals surface area contributed by atoms with E-state index in [4.69, 9.17) is 32.3 Å². The molecule has 580 valence electrons. The average Bonchev–Trinajstić information content (AvgIpc) is 0.940. The average molecular weight is 1460 g/mol. The SMILES string of the molecule is CC/C=C\C/C=C\C/C=C\C/C=C\C/C=C\C/C=C\CCCCCCCCCCCCCCCCCCC(=O)OCC(O)COP(=O)(O)OCC(O)COP(=O)(O)OCC(COC(=O)CCCCCC/C=C\C/C=C\C/C=C\C/C=C\CC)OC(=O)CCCCCCC/C=C\CCCCCC. The highest BCUT2D eigenvalue weighted by Crippen LogP contribution is 2.45. The monoisotopic (exact) mass is 1460 g/mol. The number of unbranched alkanes of at least 4 members (excludes halogenated alkanes) is 29. The van der Waals surface area contributed by atoms with Crippen LogP contribution in [0.25, 0.3) is 0 Å². The molecule has 0 amide bonds. The summed E-state index contributed by atoms with van der Waals surface area (Å²) in [5, 5.41) is 20.6. The second kappa shape index (κ2) is 75.4. The molecule has 0 aromatic rings. The standard InChI is InChI=1S/C83H142O16P2/c1-4-7-10-13-16-19-22-25-27-29-30-31-32-33-34-35-36-37-38-39-40-41-42-43-44-45-46-48-50-52-54-57-60-63-66-69-81(86)93-72-78(84)73-95-100(89,90)96-74-79(85)75-97-101(91,92)98-77-80(99-83(88)71-68-65-62-59-56-51-24-21-18-15-12-9-6-3)76-94-82(87)70-67-64-61-58-55-53-49-47-28-26-23-20-17-14-11-8-5-2/h7-8,10-11,16-17,19-21,24-28,30-31,33-34,36-37,49,53,78-80,84-85H,4-6,9,12-15,18,22-23,29,32,35,38-48,50-52,54-77H2,1-3H3,(H,89,90)(H,91,92)/b10-7-,11-8-,19-16-,20-17-,24-21-,27-25-,28-26-,31-30-,34-33-,37-36-,53-49-. The zero-order valence-electron chi connectivity index (χ0n) is 63.3. The molecule has 4 N–H and O–H groups in total. The molecule has 0 aliphatic heterocycles. The van der Waals surface area contributed by atoms with Gasteiger partial charge in [-0.05, 0) is 135 Å². The number of aliphatic hydroxyl groups is 2. The first-order valence-electron chi connectivity index (χ1n) is 39.5. The molecule has 0 aliphatic carbocycles. The van der Waals surface area contributed by atoms with Crippen LogP contribution in [0.15, 0.2) is 134 Å². The maximum atomic E-state index is 12.9. The molecule has 0 heterocycles. The van der Waals surface area contributed by atoms with Crippen molar-refractivity contribution in [3.05, 3.63) is 134 Å². The molecule has 0 rings (SSSR count). The van der Waals surface area contributed by atoms with Crippen LogP contribution in [0.3, 0.4) is 0 Å². The minimum Gasteiger partial charge on any atom is -0.463 e. The second-order valence-electron chi connectivity index (χ2n) is 26.1. The number of carbonyl (C=O) groups excluding carboxylic acids is 3. The topological polar surface area (TPSA) is 231 Å². The van der Waals surface area contributed by atoms with Crippen LogP contribution in [0, 0.1) is 0 Å². The van der Waals surface area contributed by atoms with Gasteiger partial charge in [-0.25, -0.2) is 9.13 Å². The summed E-state index contributed by atoms with van der Waals surface area (Å²) in [5.41, 5.74) is 0. The lowest BCUT2D eigenvalue weighted by Gasteiger charge is -2.21. The zero-order chi connectivity index (χ0) is 73.7. The van der Waals surface area contributed by atoms with E-state index in [1.54, 1.807) is 0 Å². The van der Waals surface area contributed by atoms with Gasteiger partial charge in [0.15, 0.2) is 6.10 Å². The Kier molecular flexibility index (Phi) is 72.2. The Morgan fingerprint density at radius 1 is 0.287 bits per heavy atom. The fourth-order valence-electron chi connectivity index (χ4n) is 10.4. The van der Waals surface area contributed by atoms with E-state index >= 15 is 0 Å². The molecule has 18 heteroatoms. The Bertz CT molecular complexity index is 2370. The van der Waals surface area contributed by atoms with E-state index in [0.29, 0.717) is 19.3 Å². The normalized spacial score (nSPS) is 14.7. The van der Waals surface area contributed by atoms with Crippen molar-refractivity contribution >= 4 is 33.6 Å². The molecule has 0 saturated heterocycles. The summed E-state index contributed by atoms with van der Waals surface area (Å²) in [4.78, 5) is 58.5. The second-order valence-corrected chi connectivity index (χ2v) is 29.0. The molecule has 0 aliphatic rings. The van der Waals surface area contributed by atoms with Gasteiger partial charge in [0.25, 0.3) is 0 Å². The lowest BCUT2D eigenvalue weighted by Crippen LogP contribution is -2.30. The van der Waals surface area contributed by atoms with Crippen LogP contribution in [-0.4, -0.2) is 95.9 Å². The number of phosphoric acid groups is 2. The van der Waals surface area contributed by atoms with Crippen LogP contribution in [0.2, 0.25) is 0 Å². The van der Waals surface area contributed by atoms with Crippen molar-refractivity contribution in [3.63, 3.8) is 0 Å². The van der Waals surface area contributed by atoms with E-state index in [2.05, 4.69) is 154 Å². The Hall–Kier alpha value is -4.31. The smallest absolute Gasteiger partial charge is 0.463 e. The van der Waals surface area contributed by atoms with Gasteiger partial charge in [0.05, 0.1) is 26.4 Å². The highest BCUT2D eigenvalue weighted by atomic mass is 31.2. The van der Waals surface area contributed by atoms with Crippen molar-refractivity contribution in [3.8, 4) is 0 Å². The Labute approximate surface area is 614 Å². The molecule has 0 saturated carbocycles. The summed E-state index contributed by atoms with van der Waals surface area (Å²) in [7, 11) is -9.79. The van der Waals surface area contributed by atoms with Crippen LogP contribution in [0.4, 0.5) is 0 Å². The third kappa shape index (κ3) is 76.6. The van der Waals surface area contributed by atoms with E-state index < -0.39 is 91.5 Å². The van der Waals surface area contributed by atoms with Gasteiger partial charge in [0.1, 0.15) is 25.4 Å². The molecule has 0 bridgehead atoms. The van der Waals surface area contributed by atoms with Crippen molar-refractivity contribution in [2.24, 2.45) is 0 Å². The third-order valence-corrected chi connectivity index (χ3v) is 18.2. The largest absolute Gasteiger partial charge is 0.472 e. The molecule has 0 fully saturated rings. The maximum absolute atomic E-state index is 12.9. The Morgan fingerprint density at radius 3 is 0.842 bits per heavy atom. The van der Waals surface area contributed by atoms with E-state index in [1.807, 2.05) is 0 Å². The highest BCUT2D eigenvalue weighted by molar-refractivity contribution is 7.47. The predicted molar refractivity (Wildman–Crippen MR) is 417 cm³/mol. The van der Waals surface area contributed by atoms with E-state index in [0.717, 1.165) is 148 Å². The molecule has 5 unspecified atom stereocenters. The number of rotatable bonds is 74. The lowest BCUT2D eigenvalue weighted by atomic mass is 10.0. The number of phosphoric ester groups is 2. The number of allylic oxidation sites excluding steroid dienone is 22. The first-order chi connectivity index (χ1) is 49.2. The van der Waals surface area contributed by atoms with Gasteiger partial charge >= 0.3 is 33.6 Å². The molecule has 5 atom stereocenters. The van der Waals surface area contributed by atoms with Gasteiger partial charge in [0, 0.05) is 19.3 Å². The minimum absolute atomic E-state index is 0.0875.